The maximum atomic E-state index is 12.9. The van der Waals surface area contributed by atoms with Gasteiger partial charge in [0.1, 0.15) is 5.75 Å². The summed E-state index contributed by atoms with van der Waals surface area (Å²) in [5.41, 5.74) is 4.24. The van der Waals surface area contributed by atoms with Crippen LogP contribution in [0.4, 0.5) is 0 Å². The van der Waals surface area contributed by atoms with Crippen molar-refractivity contribution in [2.75, 3.05) is 13.1 Å². The zero-order chi connectivity index (χ0) is 19.3. The molecule has 0 radical (unpaired) electrons. The van der Waals surface area contributed by atoms with Crippen molar-refractivity contribution < 1.29 is 9.53 Å². The third-order valence-corrected chi connectivity index (χ3v) is 6.27. The minimum absolute atomic E-state index is 0.121. The molecule has 3 nitrogen and oxygen atoms in total. The van der Waals surface area contributed by atoms with Gasteiger partial charge >= 0.3 is 0 Å². The molecular weight excluding hydrogens is 346 g/mol. The zero-order valence-corrected chi connectivity index (χ0v) is 16.9. The maximum absolute atomic E-state index is 12.9. The quantitative estimate of drug-likeness (QED) is 0.748. The summed E-state index contributed by atoms with van der Waals surface area (Å²) >= 11 is 0. The number of fused-ring (bicyclic) bond motifs is 1. The van der Waals surface area contributed by atoms with E-state index in [0.29, 0.717) is 5.92 Å². The molecule has 2 aliphatic rings. The fourth-order valence-corrected chi connectivity index (χ4v) is 4.60. The van der Waals surface area contributed by atoms with Gasteiger partial charge in [-0.2, -0.15) is 0 Å². The SMILES string of the molecule is CC(Oc1ccc2c(c1)CCCC2)C(=O)N1CCC(Cc2ccccc2)CC1. The van der Waals surface area contributed by atoms with Crippen LogP contribution in [0.3, 0.4) is 0 Å². The van der Waals surface area contributed by atoms with Crippen LogP contribution in [0.25, 0.3) is 0 Å². The van der Waals surface area contributed by atoms with Gasteiger partial charge in [0.15, 0.2) is 6.10 Å². The van der Waals surface area contributed by atoms with Crippen LogP contribution in [0.15, 0.2) is 48.5 Å². The van der Waals surface area contributed by atoms with Crippen LogP contribution in [0.2, 0.25) is 0 Å². The number of nitrogens with zero attached hydrogens (tertiary/aromatic N) is 1. The number of rotatable bonds is 5. The van der Waals surface area contributed by atoms with Crippen molar-refractivity contribution >= 4 is 5.91 Å². The van der Waals surface area contributed by atoms with E-state index in [2.05, 4.69) is 42.5 Å². The summed E-state index contributed by atoms with van der Waals surface area (Å²) in [7, 11) is 0. The third kappa shape index (κ3) is 4.57. The number of carbonyl (C=O) groups is 1. The van der Waals surface area contributed by atoms with Gasteiger partial charge in [-0.25, -0.2) is 0 Å². The molecule has 1 atom stereocenters. The third-order valence-electron chi connectivity index (χ3n) is 6.27. The molecule has 2 aromatic carbocycles. The number of likely N-dealkylation sites (tertiary alicyclic amines) is 1. The molecule has 0 spiro atoms. The van der Waals surface area contributed by atoms with Gasteiger partial charge in [-0.1, -0.05) is 36.4 Å². The number of ether oxygens (including phenoxy) is 1. The van der Waals surface area contributed by atoms with Gasteiger partial charge in [0.05, 0.1) is 0 Å². The molecule has 4 rings (SSSR count). The molecule has 1 fully saturated rings. The summed E-state index contributed by atoms with van der Waals surface area (Å²) in [5.74, 6) is 1.62. The minimum atomic E-state index is -0.424. The van der Waals surface area contributed by atoms with Crippen molar-refractivity contribution in [3.8, 4) is 5.75 Å². The Balaban J connectivity index is 1.29. The average Bonchev–Trinajstić information content (AvgIpc) is 2.74. The second kappa shape index (κ2) is 8.81. The molecule has 0 aromatic heterocycles. The molecule has 1 amide bonds. The summed E-state index contributed by atoms with van der Waals surface area (Å²) in [6, 6.07) is 17.0. The topological polar surface area (TPSA) is 29.5 Å². The first kappa shape index (κ1) is 19.0. The van der Waals surface area contributed by atoms with Crippen LogP contribution in [0.1, 0.15) is 49.3 Å². The molecular formula is C25H31NO2. The van der Waals surface area contributed by atoms with Crippen LogP contribution in [0, 0.1) is 5.92 Å². The Morgan fingerprint density at radius 1 is 1.04 bits per heavy atom. The maximum Gasteiger partial charge on any atom is 0.263 e. The highest BCUT2D eigenvalue weighted by molar-refractivity contribution is 5.81. The van der Waals surface area contributed by atoms with Gasteiger partial charge < -0.3 is 9.64 Å². The highest BCUT2D eigenvalue weighted by Crippen LogP contribution is 2.27. The van der Waals surface area contributed by atoms with Crippen LogP contribution in [-0.4, -0.2) is 30.0 Å². The molecule has 28 heavy (non-hydrogen) atoms. The Morgan fingerprint density at radius 3 is 2.50 bits per heavy atom. The van der Waals surface area contributed by atoms with Gasteiger partial charge in [-0.15, -0.1) is 0 Å². The Labute approximate surface area is 168 Å². The molecule has 1 saturated heterocycles. The summed E-state index contributed by atoms with van der Waals surface area (Å²) < 4.78 is 6.03. The van der Waals surface area contributed by atoms with E-state index in [0.717, 1.165) is 44.5 Å². The molecule has 3 heteroatoms. The predicted octanol–water partition coefficient (Wildman–Crippen LogP) is 4.81. The largest absolute Gasteiger partial charge is 0.481 e. The number of aryl methyl sites for hydroxylation is 2. The predicted molar refractivity (Wildman–Crippen MR) is 113 cm³/mol. The molecule has 0 bridgehead atoms. The monoisotopic (exact) mass is 377 g/mol. The summed E-state index contributed by atoms with van der Waals surface area (Å²) in [6.07, 6.45) is 7.67. The lowest BCUT2D eigenvalue weighted by molar-refractivity contribution is -0.139. The smallest absolute Gasteiger partial charge is 0.263 e. The second-order valence-corrected chi connectivity index (χ2v) is 8.36. The summed E-state index contributed by atoms with van der Waals surface area (Å²) in [6.45, 7) is 3.57. The number of carbonyl (C=O) groups excluding carboxylic acids is 1. The van der Waals surface area contributed by atoms with Gasteiger partial charge in [0.2, 0.25) is 0 Å². The number of benzene rings is 2. The van der Waals surface area contributed by atoms with Gasteiger partial charge in [0, 0.05) is 13.1 Å². The van der Waals surface area contributed by atoms with Crippen LogP contribution >= 0.6 is 0 Å². The van der Waals surface area contributed by atoms with E-state index in [4.69, 9.17) is 4.74 Å². The first-order valence-electron chi connectivity index (χ1n) is 10.8. The molecule has 1 aliphatic carbocycles. The molecule has 1 heterocycles. The van der Waals surface area contributed by atoms with Crippen LogP contribution in [-0.2, 0) is 24.1 Å². The van der Waals surface area contributed by atoms with Crippen molar-refractivity contribution in [2.45, 2.75) is 58.0 Å². The molecule has 0 saturated carbocycles. The van der Waals surface area contributed by atoms with Crippen LogP contribution < -0.4 is 4.74 Å². The van der Waals surface area contributed by atoms with Gasteiger partial charge in [-0.05, 0) is 86.6 Å². The molecule has 0 N–H and O–H groups in total. The van der Waals surface area contributed by atoms with Gasteiger partial charge in [0.25, 0.3) is 5.91 Å². The second-order valence-electron chi connectivity index (χ2n) is 8.36. The van der Waals surface area contributed by atoms with Crippen molar-refractivity contribution in [3.63, 3.8) is 0 Å². The van der Waals surface area contributed by atoms with Crippen molar-refractivity contribution in [3.05, 3.63) is 65.2 Å². The number of piperidine rings is 1. The Hall–Kier alpha value is -2.29. The van der Waals surface area contributed by atoms with Gasteiger partial charge in [-0.3, -0.25) is 4.79 Å². The number of hydrogen-bond donors (Lipinski definition) is 0. The summed E-state index contributed by atoms with van der Waals surface area (Å²) in [4.78, 5) is 14.8. The lowest BCUT2D eigenvalue weighted by atomic mass is 9.90. The zero-order valence-electron chi connectivity index (χ0n) is 16.9. The lowest BCUT2D eigenvalue weighted by Gasteiger charge is -2.33. The first-order valence-corrected chi connectivity index (χ1v) is 10.8. The van der Waals surface area contributed by atoms with Crippen LogP contribution in [0.5, 0.6) is 5.75 Å². The number of hydrogen-bond acceptors (Lipinski definition) is 2. The Morgan fingerprint density at radius 2 is 1.75 bits per heavy atom. The fourth-order valence-electron chi connectivity index (χ4n) is 4.60. The van der Waals surface area contributed by atoms with E-state index in [1.54, 1.807) is 0 Å². The van der Waals surface area contributed by atoms with E-state index in [-0.39, 0.29) is 5.91 Å². The summed E-state index contributed by atoms with van der Waals surface area (Å²) in [5, 5.41) is 0. The average molecular weight is 378 g/mol. The standard InChI is InChI=1S/C25H31NO2/c1-19(28-24-12-11-22-9-5-6-10-23(22)18-24)25(27)26-15-13-21(14-16-26)17-20-7-3-2-4-8-20/h2-4,7-8,11-12,18-19,21H,5-6,9-10,13-17H2,1H3. The van der Waals surface area contributed by atoms with Crippen molar-refractivity contribution in [1.29, 1.82) is 0 Å². The van der Waals surface area contributed by atoms with Crippen molar-refractivity contribution in [2.24, 2.45) is 5.92 Å². The lowest BCUT2D eigenvalue weighted by Crippen LogP contribution is -2.45. The highest BCUT2D eigenvalue weighted by Gasteiger charge is 2.27. The van der Waals surface area contributed by atoms with Crippen molar-refractivity contribution in [1.82, 2.24) is 4.90 Å². The van der Waals surface area contributed by atoms with E-state index >= 15 is 0 Å². The van der Waals surface area contributed by atoms with E-state index in [1.165, 1.54) is 36.0 Å². The van der Waals surface area contributed by atoms with E-state index < -0.39 is 6.10 Å². The Bertz CT molecular complexity index is 793. The Kier molecular flexibility index (Phi) is 5.99. The molecule has 1 aliphatic heterocycles. The number of amides is 1. The van der Waals surface area contributed by atoms with E-state index in [1.807, 2.05) is 17.9 Å². The minimum Gasteiger partial charge on any atom is -0.481 e. The molecule has 1 unspecified atom stereocenters. The first-order chi connectivity index (χ1) is 13.7. The normalized spacial score (nSPS) is 18.4. The fraction of sp³-hybridized carbons (Fsp3) is 0.480. The highest BCUT2D eigenvalue weighted by atomic mass is 16.5. The molecule has 148 valence electrons. The molecule has 2 aromatic rings. The van der Waals surface area contributed by atoms with E-state index in [9.17, 15) is 4.79 Å².